The second-order valence-electron chi connectivity index (χ2n) is 10.5. The minimum absolute atomic E-state index is 0.124. The fourth-order valence-corrected chi connectivity index (χ4v) is 5.32. The van der Waals surface area contributed by atoms with Gasteiger partial charge in [-0.3, -0.25) is 19.4 Å². The van der Waals surface area contributed by atoms with Crippen LogP contribution in [0.4, 0.5) is 5.69 Å². The van der Waals surface area contributed by atoms with Crippen LogP contribution in [0.15, 0.2) is 53.5 Å². The molecule has 4 rings (SSSR count). The van der Waals surface area contributed by atoms with Crippen LogP contribution in [0.2, 0.25) is 0 Å². The van der Waals surface area contributed by atoms with E-state index in [2.05, 4.69) is 20.9 Å². The number of fused-ring (bicyclic) bond motifs is 3. The third-order valence-corrected chi connectivity index (χ3v) is 7.35. The molecule has 222 valence electrons. The number of rotatable bonds is 10. The van der Waals surface area contributed by atoms with Crippen molar-refractivity contribution in [2.75, 3.05) is 26.6 Å². The molecule has 0 spiro atoms. The van der Waals surface area contributed by atoms with E-state index in [4.69, 9.17) is 14.2 Å². The van der Waals surface area contributed by atoms with Crippen LogP contribution in [-0.2, 0) is 22.6 Å². The summed E-state index contributed by atoms with van der Waals surface area (Å²) in [6, 6.07) is 11.3. The molecule has 1 aromatic heterocycles. The molecule has 0 saturated carbocycles. The monoisotopic (exact) mass is 574 g/mol. The van der Waals surface area contributed by atoms with Crippen molar-refractivity contribution >= 4 is 17.5 Å². The van der Waals surface area contributed by atoms with Gasteiger partial charge in [0, 0.05) is 18.7 Å². The number of anilines is 1. The molecule has 0 saturated heterocycles. The summed E-state index contributed by atoms with van der Waals surface area (Å²) in [5, 5.41) is 9.10. The highest BCUT2D eigenvalue weighted by molar-refractivity contribution is 5.86. The standard InChI is InChI=1S/C32H38N4O6/c1-18(2)29(32(39)34-17-21-9-7-8-14-33-21)36-25-13-11-22-23(16-26(25)38)24(35-19(3)37)12-10-20-15-27(40-4)30(41-5)31(42-6)28(20)22/h7-9,11,13-16,18,24,29H,10,12,17H2,1-6H3,(H,34,39)(H,35,37)(H,36,38)/t24-,29+/m0/s1. The summed E-state index contributed by atoms with van der Waals surface area (Å²) in [4.78, 5) is 43.4. The first kappa shape index (κ1) is 30.4. The van der Waals surface area contributed by atoms with Gasteiger partial charge < -0.3 is 30.2 Å². The van der Waals surface area contributed by atoms with Gasteiger partial charge in [0.25, 0.3) is 0 Å². The molecule has 0 aliphatic heterocycles. The van der Waals surface area contributed by atoms with Gasteiger partial charge in [-0.25, -0.2) is 0 Å². The summed E-state index contributed by atoms with van der Waals surface area (Å²) < 4.78 is 17.1. The maximum Gasteiger partial charge on any atom is 0.243 e. The van der Waals surface area contributed by atoms with Gasteiger partial charge in [-0.1, -0.05) is 26.0 Å². The number of nitrogens with one attached hydrogen (secondary N) is 3. The van der Waals surface area contributed by atoms with E-state index in [9.17, 15) is 14.4 Å². The Morgan fingerprint density at radius 1 is 1.02 bits per heavy atom. The van der Waals surface area contributed by atoms with Crippen LogP contribution in [0.1, 0.15) is 50.1 Å². The first-order valence-electron chi connectivity index (χ1n) is 13.9. The lowest BCUT2D eigenvalue weighted by molar-refractivity contribution is -0.123. The van der Waals surface area contributed by atoms with Crippen LogP contribution in [0.5, 0.6) is 17.2 Å². The molecule has 2 atom stereocenters. The summed E-state index contributed by atoms with van der Waals surface area (Å²) >= 11 is 0. The topological polar surface area (TPSA) is 128 Å². The predicted molar refractivity (Wildman–Crippen MR) is 161 cm³/mol. The first-order valence-corrected chi connectivity index (χ1v) is 13.9. The van der Waals surface area contributed by atoms with Gasteiger partial charge in [-0.05, 0) is 65.8 Å². The van der Waals surface area contributed by atoms with Gasteiger partial charge in [-0.15, -0.1) is 0 Å². The highest BCUT2D eigenvalue weighted by Crippen LogP contribution is 2.50. The Bertz CT molecular complexity index is 1510. The fourth-order valence-electron chi connectivity index (χ4n) is 5.32. The number of methoxy groups -OCH3 is 3. The quantitative estimate of drug-likeness (QED) is 0.332. The van der Waals surface area contributed by atoms with Crippen molar-refractivity contribution in [2.45, 2.75) is 52.2 Å². The zero-order valence-electron chi connectivity index (χ0n) is 24.9. The molecule has 10 heteroatoms. The number of hydrogen-bond donors (Lipinski definition) is 3. The maximum atomic E-state index is 13.7. The molecule has 0 radical (unpaired) electrons. The van der Waals surface area contributed by atoms with Crippen molar-refractivity contribution in [1.82, 2.24) is 15.6 Å². The van der Waals surface area contributed by atoms with Gasteiger partial charge in [0.1, 0.15) is 6.04 Å². The average molecular weight is 575 g/mol. The maximum absolute atomic E-state index is 13.7. The van der Waals surface area contributed by atoms with Gasteiger partial charge in [0.15, 0.2) is 11.5 Å². The number of aryl methyl sites for hydroxylation is 1. The lowest BCUT2D eigenvalue weighted by Gasteiger charge is -2.22. The SMILES string of the molecule is COc1cc2c(c(OC)c1OC)-c1ccc(N[C@@H](C(=O)NCc3ccccn3)C(C)C)c(=O)cc1[C@@H](NC(C)=O)CC2. The molecule has 42 heavy (non-hydrogen) atoms. The lowest BCUT2D eigenvalue weighted by Crippen LogP contribution is -2.43. The zero-order chi connectivity index (χ0) is 30.4. The van der Waals surface area contributed by atoms with E-state index >= 15 is 0 Å². The van der Waals surface area contributed by atoms with E-state index in [1.807, 2.05) is 44.2 Å². The fraction of sp³-hybridized carbons (Fsp3) is 0.375. The molecular weight excluding hydrogens is 536 g/mol. The van der Waals surface area contributed by atoms with Crippen LogP contribution in [-0.4, -0.2) is 44.2 Å². The van der Waals surface area contributed by atoms with Crippen molar-refractivity contribution < 1.29 is 23.8 Å². The molecule has 1 heterocycles. The molecule has 2 aromatic carbocycles. The lowest BCUT2D eigenvalue weighted by atomic mass is 9.95. The van der Waals surface area contributed by atoms with Crippen molar-refractivity contribution in [1.29, 1.82) is 0 Å². The molecular formula is C32H38N4O6. The number of hydrogen-bond acceptors (Lipinski definition) is 8. The highest BCUT2D eigenvalue weighted by Gasteiger charge is 2.30. The van der Waals surface area contributed by atoms with Crippen LogP contribution in [0, 0.1) is 5.92 Å². The average Bonchev–Trinajstić information content (AvgIpc) is 3.22. The number of amides is 2. The Balaban J connectivity index is 1.81. The second-order valence-corrected chi connectivity index (χ2v) is 10.5. The number of nitrogens with zero attached hydrogens (tertiary/aromatic N) is 1. The number of ether oxygens (including phenoxy) is 3. The Kier molecular flexibility index (Phi) is 9.67. The van der Waals surface area contributed by atoms with Gasteiger partial charge in [0.2, 0.25) is 23.0 Å². The molecule has 2 amide bonds. The third-order valence-electron chi connectivity index (χ3n) is 7.35. The summed E-state index contributed by atoms with van der Waals surface area (Å²) in [6.45, 7) is 5.55. The number of benzene rings is 1. The highest BCUT2D eigenvalue weighted by atomic mass is 16.5. The Labute approximate surface area is 245 Å². The van der Waals surface area contributed by atoms with Gasteiger partial charge in [-0.2, -0.15) is 0 Å². The Morgan fingerprint density at radius 2 is 1.79 bits per heavy atom. The van der Waals surface area contributed by atoms with Crippen LogP contribution >= 0.6 is 0 Å². The summed E-state index contributed by atoms with van der Waals surface area (Å²) in [5.74, 6) is 0.847. The van der Waals surface area contributed by atoms with Gasteiger partial charge >= 0.3 is 0 Å². The van der Waals surface area contributed by atoms with Crippen molar-refractivity contribution in [3.8, 4) is 28.4 Å². The number of pyridine rings is 1. The summed E-state index contributed by atoms with van der Waals surface area (Å²) in [5.41, 5.74) is 3.73. The van der Waals surface area contributed by atoms with E-state index in [0.717, 1.165) is 16.8 Å². The minimum Gasteiger partial charge on any atom is -0.493 e. The molecule has 0 bridgehead atoms. The zero-order valence-corrected chi connectivity index (χ0v) is 24.9. The number of aromatic nitrogens is 1. The van der Waals surface area contributed by atoms with Crippen molar-refractivity contribution in [3.05, 3.63) is 75.7 Å². The largest absolute Gasteiger partial charge is 0.493 e. The van der Waals surface area contributed by atoms with Crippen molar-refractivity contribution in [2.24, 2.45) is 5.92 Å². The van der Waals surface area contributed by atoms with E-state index in [0.29, 0.717) is 41.2 Å². The summed E-state index contributed by atoms with van der Waals surface area (Å²) in [6.07, 6.45) is 2.82. The predicted octanol–water partition coefficient (Wildman–Crippen LogP) is 4.01. The molecule has 1 aliphatic rings. The number of carbonyl (C=O) groups excluding carboxylic acids is 2. The van der Waals surface area contributed by atoms with Gasteiger partial charge in [0.05, 0.1) is 45.3 Å². The molecule has 1 aliphatic carbocycles. The molecule has 0 unspecified atom stereocenters. The normalized spacial score (nSPS) is 14.5. The van der Waals surface area contributed by atoms with Crippen LogP contribution < -0.4 is 35.6 Å². The molecule has 3 aromatic rings. The van der Waals surface area contributed by atoms with Crippen LogP contribution in [0.3, 0.4) is 0 Å². The van der Waals surface area contributed by atoms with Crippen molar-refractivity contribution in [3.63, 3.8) is 0 Å². The second kappa shape index (κ2) is 13.4. The third kappa shape index (κ3) is 6.48. The Morgan fingerprint density at radius 3 is 2.40 bits per heavy atom. The van der Waals surface area contributed by atoms with E-state index in [-0.39, 0.29) is 35.4 Å². The molecule has 0 fully saturated rings. The van der Waals surface area contributed by atoms with E-state index in [1.165, 1.54) is 20.1 Å². The first-order chi connectivity index (χ1) is 20.2. The van der Waals surface area contributed by atoms with E-state index in [1.54, 1.807) is 26.5 Å². The molecule has 3 N–H and O–H groups in total. The number of carbonyl (C=O) groups is 2. The molecule has 10 nitrogen and oxygen atoms in total. The smallest absolute Gasteiger partial charge is 0.243 e. The van der Waals surface area contributed by atoms with Crippen LogP contribution in [0.25, 0.3) is 11.1 Å². The Hall–Kier alpha value is -4.60. The minimum atomic E-state index is -0.680. The summed E-state index contributed by atoms with van der Waals surface area (Å²) in [7, 11) is 4.66. The van der Waals surface area contributed by atoms with E-state index < -0.39 is 12.1 Å².